The maximum Gasteiger partial charge on any atom is 0.407 e. The summed E-state index contributed by atoms with van der Waals surface area (Å²) in [5, 5.41) is 11.5. The molecule has 2 aromatic rings. The van der Waals surface area contributed by atoms with Crippen molar-refractivity contribution < 1.29 is 24.2 Å². The average Bonchev–Trinajstić information content (AvgIpc) is 3.34. The molecule has 2 amide bonds. The van der Waals surface area contributed by atoms with Crippen molar-refractivity contribution in [1.29, 1.82) is 0 Å². The monoisotopic (exact) mass is 422 g/mol. The van der Waals surface area contributed by atoms with Crippen LogP contribution < -0.4 is 5.32 Å². The van der Waals surface area contributed by atoms with Gasteiger partial charge in [0.05, 0.1) is 0 Å². The van der Waals surface area contributed by atoms with Crippen LogP contribution in [0.4, 0.5) is 4.79 Å². The molecule has 1 aliphatic heterocycles. The van der Waals surface area contributed by atoms with E-state index in [-0.39, 0.29) is 30.8 Å². The number of benzene rings is 2. The molecule has 2 N–H and O–H groups in total. The summed E-state index contributed by atoms with van der Waals surface area (Å²) in [4.78, 5) is 37.5. The SMILES string of the molecule is CC(NC(=O)OCC1c2ccccc2-c2ccccc21)C(=O)N1CCC(CC(=O)O)C1. The van der Waals surface area contributed by atoms with Crippen molar-refractivity contribution in [2.24, 2.45) is 5.92 Å². The summed E-state index contributed by atoms with van der Waals surface area (Å²) in [7, 11) is 0. The summed E-state index contributed by atoms with van der Waals surface area (Å²) in [6.45, 7) is 2.72. The molecule has 2 unspecified atom stereocenters. The Morgan fingerprint density at radius 2 is 1.71 bits per heavy atom. The number of carbonyl (C=O) groups excluding carboxylic acids is 2. The number of nitrogens with one attached hydrogen (secondary N) is 1. The predicted molar refractivity (Wildman–Crippen MR) is 115 cm³/mol. The fourth-order valence-electron chi connectivity index (χ4n) is 4.60. The number of ether oxygens (including phenoxy) is 1. The standard InChI is InChI=1S/C24H26N2O5/c1-15(23(29)26-11-10-16(13-26)12-22(27)28)25-24(30)31-14-21-19-8-4-2-6-17(19)18-7-3-5-9-20(18)21/h2-9,15-16,21H,10-14H2,1H3,(H,25,30)(H,27,28). The molecule has 2 aliphatic rings. The largest absolute Gasteiger partial charge is 0.481 e. The van der Waals surface area contributed by atoms with E-state index >= 15 is 0 Å². The summed E-state index contributed by atoms with van der Waals surface area (Å²) in [6, 6.07) is 15.5. The van der Waals surface area contributed by atoms with Crippen LogP contribution in [-0.4, -0.2) is 53.7 Å². The number of fused-ring (bicyclic) bond motifs is 3. The molecule has 0 saturated carbocycles. The minimum Gasteiger partial charge on any atom is -0.481 e. The zero-order valence-electron chi connectivity index (χ0n) is 17.4. The van der Waals surface area contributed by atoms with Gasteiger partial charge in [0.25, 0.3) is 0 Å². The molecule has 0 bridgehead atoms. The van der Waals surface area contributed by atoms with Gasteiger partial charge in [0, 0.05) is 25.4 Å². The van der Waals surface area contributed by atoms with Crippen molar-refractivity contribution >= 4 is 18.0 Å². The second kappa shape index (κ2) is 8.79. The third kappa shape index (κ3) is 4.40. The predicted octanol–water partition coefficient (Wildman–Crippen LogP) is 3.24. The first-order valence-electron chi connectivity index (χ1n) is 10.6. The molecule has 2 atom stereocenters. The second-order valence-electron chi connectivity index (χ2n) is 8.23. The van der Waals surface area contributed by atoms with Gasteiger partial charge in [-0.15, -0.1) is 0 Å². The van der Waals surface area contributed by atoms with Crippen molar-refractivity contribution in [2.75, 3.05) is 19.7 Å². The van der Waals surface area contributed by atoms with Gasteiger partial charge in [0.2, 0.25) is 5.91 Å². The summed E-state index contributed by atoms with van der Waals surface area (Å²) < 4.78 is 5.50. The summed E-state index contributed by atoms with van der Waals surface area (Å²) in [6.07, 6.45) is 0.0808. The van der Waals surface area contributed by atoms with E-state index in [2.05, 4.69) is 17.4 Å². The first-order valence-corrected chi connectivity index (χ1v) is 10.6. The number of amides is 2. The molecule has 0 radical (unpaired) electrons. The van der Waals surface area contributed by atoms with Gasteiger partial charge in [0.1, 0.15) is 12.6 Å². The zero-order chi connectivity index (χ0) is 22.0. The Morgan fingerprint density at radius 1 is 1.10 bits per heavy atom. The lowest BCUT2D eigenvalue weighted by atomic mass is 9.98. The third-order valence-corrected chi connectivity index (χ3v) is 6.11. The van der Waals surface area contributed by atoms with E-state index in [0.29, 0.717) is 19.5 Å². The highest BCUT2D eigenvalue weighted by Crippen LogP contribution is 2.44. The van der Waals surface area contributed by atoms with E-state index in [9.17, 15) is 14.4 Å². The average molecular weight is 422 g/mol. The molecular weight excluding hydrogens is 396 g/mol. The van der Waals surface area contributed by atoms with Gasteiger partial charge >= 0.3 is 12.1 Å². The van der Waals surface area contributed by atoms with E-state index in [1.807, 2.05) is 36.4 Å². The first kappa shape index (κ1) is 20.9. The highest BCUT2D eigenvalue weighted by molar-refractivity contribution is 5.85. The van der Waals surface area contributed by atoms with Gasteiger partial charge in [-0.2, -0.15) is 0 Å². The molecule has 7 nitrogen and oxygen atoms in total. The van der Waals surface area contributed by atoms with Gasteiger partial charge in [-0.1, -0.05) is 48.5 Å². The van der Waals surface area contributed by atoms with Crippen LogP contribution in [0.15, 0.2) is 48.5 Å². The van der Waals surface area contributed by atoms with Crippen LogP contribution in [0.25, 0.3) is 11.1 Å². The van der Waals surface area contributed by atoms with Gasteiger partial charge in [-0.3, -0.25) is 9.59 Å². The number of carboxylic acids is 1. The van der Waals surface area contributed by atoms with Gasteiger partial charge < -0.3 is 20.1 Å². The third-order valence-electron chi connectivity index (χ3n) is 6.11. The molecule has 1 heterocycles. The Morgan fingerprint density at radius 3 is 2.32 bits per heavy atom. The Hall–Kier alpha value is -3.35. The number of likely N-dealkylation sites (tertiary alicyclic amines) is 1. The normalized spacial score (nSPS) is 18.2. The van der Waals surface area contributed by atoms with Crippen LogP contribution in [0.5, 0.6) is 0 Å². The molecule has 0 spiro atoms. The Bertz CT molecular complexity index is 959. The van der Waals surface area contributed by atoms with Gasteiger partial charge in [-0.05, 0) is 41.5 Å². The Balaban J connectivity index is 1.33. The second-order valence-corrected chi connectivity index (χ2v) is 8.23. The minimum absolute atomic E-state index is 0.0388. The van der Waals surface area contributed by atoms with Crippen molar-refractivity contribution in [1.82, 2.24) is 10.2 Å². The highest BCUT2D eigenvalue weighted by atomic mass is 16.5. The van der Waals surface area contributed by atoms with Crippen molar-refractivity contribution in [2.45, 2.75) is 31.7 Å². The van der Waals surface area contributed by atoms with Crippen LogP contribution in [0, 0.1) is 5.92 Å². The molecular formula is C24H26N2O5. The lowest BCUT2D eigenvalue weighted by Crippen LogP contribution is -2.46. The van der Waals surface area contributed by atoms with Gasteiger partial charge in [-0.25, -0.2) is 4.79 Å². The number of carboxylic acid groups (broad SMARTS) is 1. The highest BCUT2D eigenvalue weighted by Gasteiger charge is 2.32. The fraction of sp³-hybridized carbons (Fsp3) is 0.375. The lowest BCUT2D eigenvalue weighted by molar-refractivity contribution is -0.138. The maximum absolute atomic E-state index is 12.6. The maximum atomic E-state index is 12.6. The smallest absolute Gasteiger partial charge is 0.407 e. The number of hydrogen-bond donors (Lipinski definition) is 2. The molecule has 162 valence electrons. The van der Waals surface area contributed by atoms with Crippen molar-refractivity contribution in [3.8, 4) is 11.1 Å². The van der Waals surface area contributed by atoms with E-state index in [1.54, 1.807) is 11.8 Å². The number of rotatable bonds is 6. The lowest BCUT2D eigenvalue weighted by Gasteiger charge is -2.22. The summed E-state index contributed by atoms with van der Waals surface area (Å²) in [5.74, 6) is -1.16. The molecule has 0 aromatic heterocycles. The van der Waals surface area contributed by atoms with E-state index < -0.39 is 18.1 Å². The zero-order valence-corrected chi connectivity index (χ0v) is 17.4. The number of aliphatic carboxylic acids is 1. The summed E-state index contributed by atoms with van der Waals surface area (Å²) >= 11 is 0. The van der Waals surface area contributed by atoms with Crippen LogP contribution in [-0.2, 0) is 14.3 Å². The molecule has 1 saturated heterocycles. The topological polar surface area (TPSA) is 95.9 Å². The minimum atomic E-state index is -0.857. The molecule has 1 fully saturated rings. The van der Waals surface area contributed by atoms with Crippen LogP contribution in [0.2, 0.25) is 0 Å². The van der Waals surface area contributed by atoms with E-state index in [4.69, 9.17) is 9.84 Å². The van der Waals surface area contributed by atoms with E-state index in [1.165, 1.54) is 0 Å². The molecule has 1 aliphatic carbocycles. The molecule has 7 heteroatoms. The number of hydrogen-bond acceptors (Lipinski definition) is 4. The van der Waals surface area contributed by atoms with Crippen molar-refractivity contribution in [3.63, 3.8) is 0 Å². The Labute approximate surface area is 181 Å². The molecule has 2 aromatic carbocycles. The Kier molecular flexibility index (Phi) is 5.93. The summed E-state index contributed by atoms with van der Waals surface area (Å²) in [5.41, 5.74) is 4.56. The van der Waals surface area contributed by atoms with Crippen LogP contribution in [0.3, 0.4) is 0 Å². The van der Waals surface area contributed by atoms with Crippen molar-refractivity contribution in [3.05, 3.63) is 59.7 Å². The number of nitrogens with zero attached hydrogens (tertiary/aromatic N) is 1. The van der Waals surface area contributed by atoms with Crippen LogP contribution >= 0.6 is 0 Å². The number of carbonyl (C=O) groups is 3. The first-order chi connectivity index (χ1) is 14.9. The van der Waals surface area contributed by atoms with E-state index in [0.717, 1.165) is 22.3 Å². The van der Waals surface area contributed by atoms with Gasteiger partial charge in [0.15, 0.2) is 0 Å². The quantitative estimate of drug-likeness (QED) is 0.745. The van der Waals surface area contributed by atoms with Crippen LogP contribution in [0.1, 0.15) is 36.8 Å². The molecule has 4 rings (SSSR count). The molecule has 31 heavy (non-hydrogen) atoms. The number of alkyl carbamates (subject to hydrolysis) is 1. The fourth-order valence-corrected chi connectivity index (χ4v) is 4.60.